The van der Waals surface area contributed by atoms with Gasteiger partial charge in [-0.1, -0.05) is 12.1 Å². The van der Waals surface area contributed by atoms with Gasteiger partial charge >= 0.3 is 5.97 Å². The maximum absolute atomic E-state index is 10.8. The predicted octanol–water partition coefficient (Wildman–Crippen LogP) is 2.53. The van der Waals surface area contributed by atoms with Crippen LogP contribution in [0.1, 0.15) is 15.9 Å². The average Bonchev–Trinajstić information content (AvgIpc) is 2.38. The number of pyridine rings is 1. The molecule has 0 aliphatic carbocycles. The van der Waals surface area contributed by atoms with E-state index in [9.17, 15) is 4.79 Å². The molecule has 0 aliphatic rings. The molecule has 17 heavy (non-hydrogen) atoms. The van der Waals surface area contributed by atoms with Gasteiger partial charge < -0.3 is 5.11 Å². The lowest BCUT2D eigenvalue weighted by atomic mass is 10.2. The molecule has 0 saturated heterocycles. The molecule has 84 valence electrons. The van der Waals surface area contributed by atoms with Crippen LogP contribution in [-0.2, 0) is 0 Å². The zero-order valence-corrected chi connectivity index (χ0v) is 8.95. The van der Waals surface area contributed by atoms with E-state index in [1.54, 1.807) is 30.7 Å². The molecule has 0 amide bonds. The SMILES string of the molecule is O=C(O)c1cccc(/N=C/c2cccnc2)c1. The summed E-state index contributed by atoms with van der Waals surface area (Å²) in [7, 11) is 0. The first-order chi connectivity index (χ1) is 8.25. The van der Waals surface area contributed by atoms with Crippen LogP contribution in [0, 0.1) is 0 Å². The van der Waals surface area contributed by atoms with Gasteiger partial charge in [0.1, 0.15) is 0 Å². The van der Waals surface area contributed by atoms with E-state index in [-0.39, 0.29) is 5.56 Å². The number of hydrogen-bond donors (Lipinski definition) is 1. The fourth-order valence-corrected chi connectivity index (χ4v) is 1.32. The third-order valence-corrected chi connectivity index (χ3v) is 2.14. The number of aromatic nitrogens is 1. The van der Waals surface area contributed by atoms with Crippen LogP contribution in [0.5, 0.6) is 0 Å². The van der Waals surface area contributed by atoms with Crippen molar-refractivity contribution in [1.82, 2.24) is 4.98 Å². The quantitative estimate of drug-likeness (QED) is 0.818. The van der Waals surface area contributed by atoms with Gasteiger partial charge in [0.05, 0.1) is 11.3 Å². The van der Waals surface area contributed by atoms with Crippen molar-refractivity contribution < 1.29 is 9.90 Å². The molecule has 0 radical (unpaired) electrons. The van der Waals surface area contributed by atoms with E-state index >= 15 is 0 Å². The number of carbonyl (C=O) groups is 1. The van der Waals surface area contributed by atoms with Crippen molar-refractivity contribution in [2.24, 2.45) is 4.99 Å². The van der Waals surface area contributed by atoms with Gasteiger partial charge in [-0.05, 0) is 24.3 Å². The summed E-state index contributed by atoms with van der Waals surface area (Å²) < 4.78 is 0. The van der Waals surface area contributed by atoms with Gasteiger partial charge in [0, 0.05) is 24.2 Å². The standard InChI is InChI=1S/C13H10N2O2/c16-13(17)11-4-1-5-12(7-11)15-9-10-3-2-6-14-8-10/h1-9H,(H,16,17)/b15-9+. The summed E-state index contributed by atoms with van der Waals surface area (Å²) >= 11 is 0. The van der Waals surface area contributed by atoms with E-state index in [0.29, 0.717) is 5.69 Å². The largest absolute Gasteiger partial charge is 0.478 e. The van der Waals surface area contributed by atoms with Crippen LogP contribution in [0.4, 0.5) is 5.69 Å². The Hall–Kier alpha value is -2.49. The lowest BCUT2D eigenvalue weighted by Gasteiger charge is -1.96. The molecule has 1 aromatic heterocycles. The highest BCUT2D eigenvalue weighted by molar-refractivity contribution is 5.89. The maximum atomic E-state index is 10.8. The van der Waals surface area contributed by atoms with E-state index in [1.807, 2.05) is 12.1 Å². The van der Waals surface area contributed by atoms with Gasteiger partial charge in [0.15, 0.2) is 0 Å². The fourth-order valence-electron chi connectivity index (χ4n) is 1.32. The Kier molecular flexibility index (Phi) is 3.25. The number of rotatable bonds is 3. The monoisotopic (exact) mass is 226 g/mol. The molecule has 0 aliphatic heterocycles. The predicted molar refractivity (Wildman–Crippen MR) is 64.9 cm³/mol. The minimum absolute atomic E-state index is 0.228. The molecule has 1 N–H and O–H groups in total. The molecular weight excluding hydrogens is 216 g/mol. The third kappa shape index (κ3) is 2.98. The van der Waals surface area contributed by atoms with Gasteiger partial charge in [-0.15, -0.1) is 0 Å². The zero-order chi connectivity index (χ0) is 12.1. The zero-order valence-electron chi connectivity index (χ0n) is 8.95. The van der Waals surface area contributed by atoms with Crippen LogP contribution < -0.4 is 0 Å². The Labute approximate surface area is 98.3 Å². The van der Waals surface area contributed by atoms with Crippen molar-refractivity contribution in [3.8, 4) is 0 Å². The first-order valence-corrected chi connectivity index (χ1v) is 5.03. The minimum atomic E-state index is -0.955. The van der Waals surface area contributed by atoms with Crippen LogP contribution >= 0.6 is 0 Å². The van der Waals surface area contributed by atoms with Crippen molar-refractivity contribution in [1.29, 1.82) is 0 Å². The molecule has 0 unspecified atom stereocenters. The highest BCUT2D eigenvalue weighted by atomic mass is 16.4. The molecule has 0 spiro atoms. The Morgan fingerprint density at radius 2 is 2.18 bits per heavy atom. The number of aromatic carboxylic acids is 1. The molecule has 1 aromatic carbocycles. The topological polar surface area (TPSA) is 62.5 Å². The van der Waals surface area contributed by atoms with Gasteiger partial charge in [-0.3, -0.25) is 9.98 Å². The smallest absolute Gasteiger partial charge is 0.335 e. The van der Waals surface area contributed by atoms with Crippen LogP contribution in [0.15, 0.2) is 53.8 Å². The van der Waals surface area contributed by atoms with Crippen molar-refractivity contribution in [3.05, 3.63) is 59.9 Å². The van der Waals surface area contributed by atoms with E-state index in [2.05, 4.69) is 9.98 Å². The first kappa shape index (κ1) is 11.0. The minimum Gasteiger partial charge on any atom is -0.478 e. The number of carboxylic acid groups (broad SMARTS) is 1. The summed E-state index contributed by atoms with van der Waals surface area (Å²) in [5.74, 6) is -0.955. The number of aliphatic imine (C=N–C) groups is 1. The Morgan fingerprint density at radius 1 is 1.29 bits per heavy atom. The highest BCUT2D eigenvalue weighted by Crippen LogP contribution is 2.14. The number of hydrogen-bond acceptors (Lipinski definition) is 3. The maximum Gasteiger partial charge on any atom is 0.335 e. The van der Waals surface area contributed by atoms with E-state index in [4.69, 9.17) is 5.11 Å². The summed E-state index contributed by atoms with van der Waals surface area (Å²) in [5.41, 5.74) is 1.70. The van der Waals surface area contributed by atoms with Crippen LogP contribution in [0.3, 0.4) is 0 Å². The first-order valence-electron chi connectivity index (χ1n) is 5.03. The van der Waals surface area contributed by atoms with E-state index < -0.39 is 5.97 Å². The van der Waals surface area contributed by atoms with Crippen molar-refractivity contribution >= 4 is 17.9 Å². The van der Waals surface area contributed by atoms with Crippen LogP contribution in [-0.4, -0.2) is 22.3 Å². The summed E-state index contributed by atoms with van der Waals surface area (Å²) in [6, 6.07) is 10.2. The van der Waals surface area contributed by atoms with E-state index in [1.165, 1.54) is 12.1 Å². The second-order valence-corrected chi connectivity index (χ2v) is 3.40. The van der Waals surface area contributed by atoms with Crippen molar-refractivity contribution in [2.45, 2.75) is 0 Å². The molecule has 2 rings (SSSR count). The fraction of sp³-hybridized carbons (Fsp3) is 0. The lowest BCUT2D eigenvalue weighted by molar-refractivity contribution is 0.0697. The van der Waals surface area contributed by atoms with Gasteiger partial charge in [-0.2, -0.15) is 0 Å². The molecule has 0 fully saturated rings. The molecule has 0 bridgehead atoms. The summed E-state index contributed by atoms with van der Waals surface area (Å²) in [5, 5.41) is 8.83. The Morgan fingerprint density at radius 3 is 2.88 bits per heavy atom. The summed E-state index contributed by atoms with van der Waals surface area (Å²) in [6.07, 6.45) is 5.01. The molecule has 4 heteroatoms. The molecule has 0 atom stereocenters. The normalized spacial score (nSPS) is 10.6. The molecule has 0 saturated carbocycles. The third-order valence-electron chi connectivity index (χ3n) is 2.14. The molecule has 1 heterocycles. The number of carboxylic acids is 1. The van der Waals surface area contributed by atoms with Crippen LogP contribution in [0.2, 0.25) is 0 Å². The second kappa shape index (κ2) is 5.03. The van der Waals surface area contributed by atoms with Crippen molar-refractivity contribution in [2.75, 3.05) is 0 Å². The Balaban J connectivity index is 2.22. The number of nitrogens with zero attached hydrogens (tertiary/aromatic N) is 2. The molecule has 2 aromatic rings. The number of benzene rings is 1. The Bertz CT molecular complexity index is 550. The van der Waals surface area contributed by atoms with Crippen LogP contribution in [0.25, 0.3) is 0 Å². The van der Waals surface area contributed by atoms with Gasteiger partial charge in [0.2, 0.25) is 0 Å². The van der Waals surface area contributed by atoms with Gasteiger partial charge in [-0.25, -0.2) is 4.79 Å². The van der Waals surface area contributed by atoms with E-state index in [0.717, 1.165) is 5.56 Å². The second-order valence-electron chi connectivity index (χ2n) is 3.40. The van der Waals surface area contributed by atoms with Gasteiger partial charge in [0.25, 0.3) is 0 Å². The summed E-state index contributed by atoms with van der Waals surface area (Å²) in [6.45, 7) is 0. The highest BCUT2D eigenvalue weighted by Gasteiger charge is 2.01. The molecular formula is C13H10N2O2. The average molecular weight is 226 g/mol. The lowest BCUT2D eigenvalue weighted by Crippen LogP contribution is -1.94. The van der Waals surface area contributed by atoms with Crippen molar-refractivity contribution in [3.63, 3.8) is 0 Å². The molecule has 4 nitrogen and oxygen atoms in total. The summed E-state index contributed by atoms with van der Waals surface area (Å²) in [4.78, 5) is 18.9.